The molecule has 0 aliphatic carbocycles. The number of pyridine rings is 1. The Morgan fingerprint density at radius 1 is 1.50 bits per heavy atom. The molecule has 7 nitrogen and oxygen atoms in total. The fraction of sp³-hybridized carbons (Fsp3) is 0.333. The highest BCUT2D eigenvalue weighted by Gasteiger charge is 2.15. The van der Waals surface area contributed by atoms with Crippen LogP contribution in [0, 0.1) is 0 Å². The molecule has 0 amide bonds. The maximum Gasteiger partial charge on any atom is 0.326 e. The lowest BCUT2D eigenvalue weighted by molar-refractivity contribution is -0.143. The van der Waals surface area contributed by atoms with Gasteiger partial charge in [0, 0.05) is 6.20 Å². The lowest BCUT2D eigenvalue weighted by Crippen LogP contribution is -2.14. The van der Waals surface area contributed by atoms with E-state index in [0.717, 1.165) is 17.3 Å². The van der Waals surface area contributed by atoms with Crippen molar-refractivity contribution in [2.45, 2.75) is 18.6 Å². The van der Waals surface area contributed by atoms with Crippen molar-refractivity contribution in [2.24, 2.45) is 0 Å². The second-order valence-electron chi connectivity index (χ2n) is 3.83. The molecule has 8 heteroatoms. The van der Waals surface area contributed by atoms with Gasteiger partial charge in [0.05, 0.1) is 24.1 Å². The Morgan fingerprint density at radius 3 is 3.00 bits per heavy atom. The van der Waals surface area contributed by atoms with E-state index in [1.54, 1.807) is 30.0 Å². The molecular weight excluding hydrogens is 282 g/mol. The van der Waals surface area contributed by atoms with Crippen molar-refractivity contribution >= 4 is 34.7 Å². The molecule has 2 aromatic heterocycles. The van der Waals surface area contributed by atoms with Crippen LogP contribution in [-0.2, 0) is 20.9 Å². The lowest BCUT2D eigenvalue weighted by atomic mass is 10.4. The molecule has 0 saturated heterocycles. The average Bonchev–Trinajstić information content (AvgIpc) is 2.75. The van der Waals surface area contributed by atoms with E-state index in [-0.39, 0.29) is 18.3 Å². The third-order valence-corrected chi connectivity index (χ3v) is 3.39. The molecule has 0 fully saturated rings. The highest BCUT2D eigenvalue weighted by atomic mass is 32.2. The van der Waals surface area contributed by atoms with Crippen LogP contribution in [0.1, 0.15) is 6.92 Å². The van der Waals surface area contributed by atoms with Crippen LogP contribution in [0.3, 0.4) is 0 Å². The van der Waals surface area contributed by atoms with Gasteiger partial charge in [-0.25, -0.2) is 4.98 Å². The van der Waals surface area contributed by atoms with E-state index in [1.165, 1.54) is 0 Å². The Morgan fingerprint density at radius 2 is 2.30 bits per heavy atom. The molecule has 1 N–H and O–H groups in total. The van der Waals surface area contributed by atoms with Gasteiger partial charge in [0.25, 0.3) is 0 Å². The van der Waals surface area contributed by atoms with Crippen LogP contribution in [-0.4, -0.2) is 43.9 Å². The molecule has 0 bridgehead atoms. The molecule has 0 unspecified atom stereocenters. The number of aliphatic carboxylic acids is 1. The van der Waals surface area contributed by atoms with Crippen LogP contribution in [0.25, 0.3) is 11.0 Å². The molecule has 2 heterocycles. The minimum atomic E-state index is -0.942. The minimum absolute atomic E-state index is 0.00366. The van der Waals surface area contributed by atoms with Gasteiger partial charge in [-0.05, 0) is 13.0 Å². The number of hydrogen-bond donors (Lipinski definition) is 1. The number of esters is 1. The van der Waals surface area contributed by atoms with Crippen molar-refractivity contribution in [3.63, 3.8) is 0 Å². The summed E-state index contributed by atoms with van der Waals surface area (Å²) in [6.07, 6.45) is 3.17. The summed E-state index contributed by atoms with van der Waals surface area (Å²) in [5, 5.41) is 9.21. The molecule has 0 aliphatic heterocycles. The van der Waals surface area contributed by atoms with Gasteiger partial charge in [-0.15, -0.1) is 0 Å². The van der Waals surface area contributed by atoms with Gasteiger partial charge in [-0.1, -0.05) is 11.8 Å². The molecule has 2 rings (SSSR count). The first-order valence-electron chi connectivity index (χ1n) is 5.92. The fourth-order valence-electron chi connectivity index (χ4n) is 1.68. The Labute approximate surface area is 119 Å². The van der Waals surface area contributed by atoms with E-state index < -0.39 is 5.97 Å². The summed E-state index contributed by atoms with van der Waals surface area (Å²) >= 11 is 1.06. The van der Waals surface area contributed by atoms with Crippen molar-refractivity contribution in [1.29, 1.82) is 0 Å². The highest BCUT2D eigenvalue weighted by Crippen LogP contribution is 2.23. The summed E-state index contributed by atoms with van der Waals surface area (Å²) in [7, 11) is 0. The van der Waals surface area contributed by atoms with Gasteiger partial charge in [0.15, 0.2) is 5.16 Å². The molecule has 106 valence electrons. The number of ether oxygens (including phenoxy) is 1. The van der Waals surface area contributed by atoms with E-state index >= 15 is 0 Å². The number of aromatic nitrogens is 3. The van der Waals surface area contributed by atoms with Gasteiger partial charge in [-0.2, -0.15) is 0 Å². The summed E-state index contributed by atoms with van der Waals surface area (Å²) in [4.78, 5) is 30.5. The molecule has 0 saturated carbocycles. The largest absolute Gasteiger partial charge is 0.481 e. The molecule has 0 radical (unpaired) electrons. The third-order valence-electron chi connectivity index (χ3n) is 2.43. The summed E-state index contributed by atoms with van der Waals surface area (Å²) in [6.45, 7) is 2.02. The number of hydrogen-bond acceptors (Lipinski definition) is 6. The molecule has 0 aliphatic rings. The van der Waals surface area contributed by atoms with E-state index in [1.807, 2.05) is 0 Å². The van der Waals surface area contributed by atoms with Gasteiger partial charge < -0.3 is 14.4 Å². The number of imidazole rings is 1. The molecular formula is C12H13N3O4S. The zero-order chi connectivity index (χ0) is 14.5. The average molecular weight is 295 g/mol. The van der Waals surface area contributed by atoms with Crippen molar-refractivity contribution < 1.29 is 19.4 Å². The third kappa shape index (κ3) is 3.27. The Kier molecular flexibility index (Phi) is 4.57. The van der Waals surface area contributed by atoms with Crippen LogP contribution < -0.4 is 0 Å². The summed E-state index contributed by atoms with van der Waals surface area (Å²) in [6, 6.07) is 1.73. The number of thioether (sulfide) groups is 1. The topological polar surface area (TPSA) is 94.3 Å². The van der Waals surface area contributed by atoms with E-state index in [9.17, 15) is 9.59 Å². The minimum Gasteiger partial charge on any atom is -0.481 e. The van der Waals surface area contributed by atoms with Crippen LogP contribution in [0.15, 0.2) is 23.6 Å². The Bertz CT molecular complexity index is 641. The molecule has 0 atom stereocenters. The van der Waals surface area contributed by atoms with E-state index in [2.05, 4.69) is 9.97 Å². The zero-order valence-electron chi connectivity index (χ0n) is 10.8. The molecule has 2 aromatic rings. The quantitative estimate of drug-likeness (QED) is 0.631. The van der Waals surface area contributed by atoms with Gasteiger partial charge in [0.1, 0.15) is 12.1 Å². The number of rotatable bonds is 6. The summed E-state index contributed by atoms with van der Waals surface area (Å²) < 4.78 is 6.56. The van der Waals surface area contributed by atoms with Crippen molar-refractivity contribution in [3.8, 4) is 0 Å². The second kappa shape index (κ2) is 6.38. The molecule has 0 aromatic carbocycles. The van der Waals surface area contributed by atoms with Crippen LogP contribution in [0.4, 0.5) is 0 Å². The monoisotopic (exact) mass is 295 g/mol. The van der Waals surface area contributed by atoms with Crippen molar-refractivity contribution in [3.05, 3.63) is 18.5 Å². The van der Waals surface area contributed by atoms with Crippen molar-refractivity contribution in [1.82, 2.24) is 14.5 Å². The van der Waals surface area contributed by atoms with Gasteiger partial charge in [-0.3, -0.25) is 14.6 Å². The van der Waals surface area contributed by atoms with Crippen molar-refractivity contribution in [2.75, 3.05) is 12.4 Å². The summed E-state index contributed by atoms with van der Waals surface area (Å²) in [5.41, 5.74) is 1.34. The fourth-order valence-corrected chi connectivity index (χ4v) is 2.42. The number of nitrogens with zero attached hydrogens (tertiary/aromatic N) is 3. The van der Waals surface area contributed by atoms with Crippen LogP contribution in [0.5, 0.6) is 0 Å². The Hall–Kier alpha value is -2.09. The number of carbonyl (C=O) groups is 2. The maximum absolute atomic E-state index is 11.6. The number of carboxylic acid groups (broad SMARTS) is 1. The predicted molar refractivity (Wildman–Crippen MR) is 72.5 cm³/mol. The second-order valence-corrected chi connectivity index (χ2v) is 4.77. The normalized spacial score (nSPS) is 10.7. The Balaban J connectivity index is 2.33. The molecule has 0 spiro atoms. The smallest absolute Gasteiger partial charge is 0.326 e. The highest BCUT2D eigenvalue weighted by molar-refractivity contribution is 7.99. The van der Waals surface area contributed by atoms with Gasteiger partial charge >= 0.3 is 11.9 Å². The first kappa shape index (κ1) is 14.3. The standard InChI is InChI=1S/C12H13N3O4S/c1-2-19-11(18)6-15-9-3-4-13-5-8(9)14-12(15)20-7-10(16)17/h3-5H,2,6-7H2,1H3,(H,16,17). The van der Waals surface area contributed by atoms with E-state index in [0.29, 0.717) is 17.3 Å². The summed E-state index contributed by atoms with van der Waals surface area (Å²) in [5.74, 6) is -1.46. The molecule has 20 heavy (non-hydrogen) atoms. The lowest BCUT2D eigenvalue weighted by Gasteiger charge is -2.07. The first-order valence-corrected chi connectivity index (χ1v) is 6.91. The van der Waals surface area contributed by atoms with Crippen LogP contribution in [0.2, 0.25) is 0 Å². The zero-order valence-corrected chi connectivity index (χ0v) is 11.6. The van der Waals surface area contributed by atoms with Gasteiger partial charge in [0.2, 0.25) is 0 Å². The number of carboxylic acids is 1. The SMILES string of the molecule is CCOC(=O)Cn1c(SCC(=O)O)nc2cnccc21. The maximum atomic E-state index is 11.6. The first-order chi connectivity index (χ1) is 9.61. The number of fused-ring (bicyclic) bond motifs is 1. The number of carbonyl (C=O) groups excluding carboxylic acids is 1. The van der Waals surface area contributed by atoms with E-state index in [4.69, 9.17) is 9.84 Å². The predicted octanol–water partition coefficient (Wildman–Crippen LogP) is 1.17. The van der Waals surface area contributed by atoms with Crippen LogP contribution >= 0.6 is 11.8 Å².